The van der Waals surface area contributed by atoms with Crippen LogP contribution in [0.5, 0.6) is 0 Å². The third-order valence-electron chi connectivity index (χ3n) is 3.13. The second-order valence-electron chi connectivity index (χ2n) is 4.67. The Kier molecular flexibility index (Phi) is 3.99. The Morgan fingerprint density at radius 2 is 2.20 bits per heavy atom. The number of nitrogens with zero attached hydrogens (tertiary/aromatic N) is 3. The summed E-state index contributed by atoms with van der Waals surface area (Å²) in [6, 6.07) is 5.06. The van der Waals surface area contributed by atoms with Gasteiger partial charge in [0.25, 0.3) is 5.91 Å². The number of carbonyl (C=O) groups is 1. The number of hydrogen-bond acceptors (Lipinski definition) is 5. The van der Waals surface area contributed by atoms with Gasteiger partial charge in [0.05, 0.1) is 11.7 Å². The number of nitrogens with one attached hydrogen (secondary N) is 2. The van der Waals surface area contributed by atoms with E-state index in [0.29, 0.717) is 11.4 Å². The van der Waals surface area contributed by atoms with Gasteiger partial charge in [-0.3, -0.25) is 10.6 Å². The van der Waals surface area contributed by atoms with E-state index in [-0.39, 0.29) is 11.9 Å². The highest BCUT2D eigenvalue weighted by molar-refractivity contribution is 5.95. The zero-order valence-corrected chi connectivity index (χ0v) is 11.7. The molecule has 1 aromatic heterocycles. The Bertz CT molecular complexity index is 621. The van der Waals surface area contributed by atoms with Crippen molar-refractivity contribution in [1.82, 2.24) is 20.1 Å². The number of rotatable bonds is 4. The fourth-order valence-corrected chi connectivity index (χ4v) is 2.00. The molecule has 1 atom stereocenters. The van der Waals surface area contributed by atoms with Gasteiger partial charge in [-0.1, -0.05) is 0 Å². The van der Waals surface area contributed by atoms with Crippen molar-refractivity contribution >= 4 is 11.6 Å². The molecule has 0 aliphatic heterocycles. The number of aromatic nitrogens is 3. The number of carbonyl (C=O) groups excluding carboxylic acids is 1. The van der Waals surface area contributed by atoms with E-state index in [1.54, 1.807) is 29.1 Å². The van der Waals surface area contributed by atoms with Gasteiger partial charge in [0.15, 0.2) is 5.82 Å². The molecule has 0 aliphatic carbocycles. The van der Waals surface area contributed by atoms with E-state index in [4.69, 9.17) is 5.84 Å². The first kappa shape index (κ1) is 14.0. The van der Waals surface area contributed by atoms with Gasteiger partial charge in [-0.05, 0) is 37.6 Å². The zero-order valence-electron chi connectivity index (χ0n) is 11.7. The Morgan fingerprint density at radius 1 is 1.45 bits per heavy atom. The predicted octanol–water partition coefficient (Wildman–Crippen LogP) is 0.900. The Morgan fingerprint density at radius 3 is 2.75 bits per heavy atom. The molecule has 1 heterocycles. The van der Waals surface area contributed by atoms with Crippen molar-refractivity contribution in [3.63, 3.8) is 0 Å². The quantitative estimate of drug-likeness (QED) is 0.568. The zero-order chi connectivity index (χ0) is 14.7. The fraction of sp³-hybridized carbons (Fsp3) is 0.308. The van der Waals surface area contributed by atoms with E-state index >= 15 is 0 Å². The minimum absolute atomic E-state index is 0.160. The van der Waals surface area contributed by atoms with Gasteiger partial charge in [-0.15, -0.1) is 10.2 Å². The summed E-state index contributed by atoms with van der Waals surface area (Å²) in [4.78, 5) is 12.2. The first-order valence-electron chi connectivity index (χ1n) is 6.25. The SMILES string of the molecule is Cc1cc(C(=O)NC(C)c2nncn2C)ccc1NN. The Balaban J connectivity index is 2.12. The van der Waals surface area contributed by atoms with E-state index < -0.39 is 0 Å². The van der Waals surface area contributed by atoms with Gasteiger partial charge in [0, 0.05) is 12.6 Å². The lowest BCUT2D eigenvalue weighted by Gasteiger charge is -2.14. The summed E-state index contributed by atoms with van der Waals surface area (Å²) < 4.78 is 1.78. The first-order chi connectivity index (χ1) is 9.52. The van der Waals surface area contributed by atoms with Crippen LogP contribution in [0, 0.1) is 6.92 Å². The highest BCUT2D eigenvalue weighted by Gasteiger charge is 2.15. The van der Waals surface area contributed by atoms with Crippen LogP contribution in [0.1, 0.15) is 34.7 Å². The van der Waals surface area contributed by atoms with Crippen LogP contribution >= 0.6 is 0 Å². The lowest BCUT2D eigenvalue weighted by atomic mass is 10.1. The molecule has 0 aliphatic rings. The molecule has 2 aromatic rings. The molecule has 7 heteroatoms. The molecule has 0 saturated heterocycles. The van der Waals surface area contributed by atoms with E-state index in [1.165, 1.54) is 0 Å². The molecule has 0 radical (unpaired) electrons. The molecule has 0 bridgehead atoms. The molecule has 4 N–H and O–H groups in total. The summed E-state index contributed by atoms with van der Waals surface area (Å²) in [7, 11) is 1.84. The van der Waals surface area contributed by atoms with Crippen LogP contribution in [0.25, 0.3) is 0 Å². The Hall–Kier alpha value is -2.41. The summed E-state index contributed by atoms with van der Waals surface area (Å²) in [5.41, 5.74) is 4.86. The number of nitrogens with two attached hydrogens (primary N) is 1. The summed E-state index contributed by atoms with van der Waals surface area (Å²) in [6.07, 6.45) is 1.60. The normalized spacial score (nSPS) is 12.0. The van der Waals surface area contributed by atoms with Crippen LogP contribution in [-0.2, 0) is 7.05 Å². The molecule has 2 rings (SSSR count). The number of amides is 1. The van der Waals surface area contributed by atoms with Gasteiger partial charge in [0.1, 0.15) is 6.33 Å². The average Bonchev–Trinajstić information content (AvgIpc) is 2.84. The minimum Gasteiger partial charge on any atom is -0.342 e. The van der Waals surface area contributed by atoms with Crippen LogP contribution in [-0.4, -0.2) is 20.7 Å². The van der Waals surface area contributed by atoms with E-state index in [0.717, 1.165) is 11.3 Å². The van der Waals surface area contributed by atoms with Gasteiger partial charge in [-0.25, -0.2) is 0 Å². The second-order valence-corrected chi connectivity index (χ2v) is 4.67. The maximum absolute atomic E-state index is 12.2. The van der Waals surface area contributed by atoms with E-state index in [1.807, 2.05) is 20.9 Å². The summed E-state index contributed by atoms with van der Waals surface area (Å²) in [5, 5.41) is 10.7. The highest BCUT2D eigenvalue weighted by atomic mass is 16.1. The molecule has 20 heavy (non-hydrogen) atoms. The fourth-order valence-electron chi connectivity index (χ4n) is 2.00. The van der Waals surface area contributed by atoms with Gasteiger partial charge < -0.3 is 15.3 Å². The molecule has 1 aromatic carbocycles. The van der Waals surface area contributed by atoms with Gasteiger partial charge >= 0.3 is 0 Å². The third-order valence-corrected chi connectivity index (χ3v) is 3.13. The largest absolute Gasteiger partial charge is 0.342 e. The van der Waals surface area contributed by atoms with Crippen LogP contribution in [0.3, 0.4) is 0 Å². The van der Waals surface area contributed by atoms with Crippen molar-refractivity contribution < 1.29 is 4.79 Å². The maximum Gasteiger partial charge on any atom is 0.251 e. The van der Waals surface area contributed by atoms with E-state index in [9.17, 15) is 4.79 Å². The number of nitrogen functional groups attached to an aromatic ring is 1. The Labute approximate surface area is 117 Å². The van der Waals surface area contributed by atoms with Crippen molar-refractivity contribution in [3.8, 4) is 0 Å². The molecule has 1 amide bonds. The molecular weight excluding hydrogens is 256 g/mol. The van der Waals surface area contributed by atoms with Crippen LogP contribution in [0.4, 0.5) is 5.69 Å². The minimum atomic E-state index is -0.220. The molecule has 0 spiro atoms. The molecule has 0 saturated carbocycles. The highest BCUT2D eigenvalue weighted by Crippen LogP contribution is 2.16. The van der Waals surface area contributed by atoms with Crippen molar-refractivity contribution in [2.75, 3.05) is 5.43 Å². The lowest BCUT2D eigenvalue weighted by molar-refractivity contribution is 0.0937. The lowest BCUT2D eigenvalue weighted by Crippen LogP contribution is -2.28. The predicted molar refractivity (Wildman–Crippen MR) is 75.9 cm³/mol. The molecule has 106 valence electrons. The van der Waals surface area contributed by atoms with Crippen LogP contribution in [0.15, 0.2) is 24.5 Å². The average molecular weight is 274 g/mol. The van der Waals surface area contributed by atoms with Gasteiger partial charge in [-0.2, -0.15) is 0 Å². The molecule has 7 nitrogen and oxygen atoms in total. The summed E-state index contributed by atoms with van der Waals surface area (Å²) >= 11 is 0. The summed E-state index contributed by atoms with van der Waals surface area (Å²) in [6.45, 7) is 3.75. The standard InChI is InChI=1S/C13H18N6O/c1-8-6-10(4-5-11(8)17-14)13(20)16-9(2)12-18-15-7-19(12)3/h4-7,9,17H,14H2,1-3H3,(H,16,20). The maximum atomic E-state index is 12.2. The summed E-state index contributed by atoms with van der Waals surface area (Å²) in [5.74, 6) is 5.91. The molecule has 0 fully saturated rings. The smallest absolute Gasteiger partial charge is 0.251 e. The topological polar surface area (TPSA) is 97.9 Å². The van der Waals surface area contributed by atoms with Gasteiger partial charge in [0.2, 0.25) is 0 Å². The van der Waals surface area contributed by atoms with E-state index in [2.05, 4.69) is 20.9 Å². The number of anilines is 1. The van der Waals surface area contributed by atoms with Crippen molar-refractivity contribution in [1.29, 1.82) is 0 Å². The number of hydrazine groups is 1. The second kappa shape index (κ2) is 5.70. The van der Waals surface area contributed by atoms with Crippen molar-refractivity contribution in [3.05, 3.63) is 41.5 Å². The first-order valence-corrected chi connectivity index (χ1v) is 6.25. The molecular formula is C13H18N6O. The van der Waals surface area contributed by atoms with Crippen molar-refractivity contribution in [2.24, 2.45) is 12.9 Å². The number of hydrogen-bond donors (Lipinski definition) is 3. The number of benzene rings is 1. The molecule has 1 unspecified atom stereocenters. The van der Waals surface area contributed by atoms with Crippen molar-refractivity contribution in [2.45, 2.75) is 19.9 Å². The third kappa shape index (κ3) is 2.77. The van der Waals surface area contributed by atoms with Crippen LogP contribution < -0.4 is 16.6 Å². The van der Waals surface area contributed by atoms with Crippen LogP contribution in [0.2, 0.25) is 0 Å². The monoisotopic (exact) mass is 274 g/mol. The number of aryl methyl sites for hydroxylation is 2.